The molecule has 0 N–H and O–H groups in total. The van der Waals surface area contributed by atoms with Crippen molar-refractivity contribution in [2.24, 2.45) is 0 Å². The number of ether oxygens (including phenoxy) is 1. The van der Waals surface area contributed by atoms with Crippen molar-refractivity contribution < 1.29 is 9.53 Å². The molecule has 2 aromatic carbocycles. The fourth-order valence-electron chi connectivity index (χ4n) is 2.05. The van der Waals surface area contributed by atoms with Gasteiger partial charge in [0, 0.05) is 0 Å². The van der Waals surface area contributed by atoms with Crippen molar-refractivity contribution in [1.29, 1.82) is 0 Å². The second-order valence-corrected chi connectivity index (χ2v) is 4.74. The van der Waals surface area contributed by atoms with Crippen LogP contribution < -0.4 is 0 Å². The molecule has 3 heteroatoms. The lowest BCUT2D eigenvalue weighted by molar-refractivity contribution is -0.131. The molecular weight excluding hydrogens is 272 g/mol. The second kappa shape index (κ2) is 5.35. The average Bonchev–Trinajstić information content (AvgIpc) is 2.75. The lowest BCUT2D eigenvalue weighted by Crippen LogP contribution is -1.97. The quantitative estimate of drug-likeness (QED) is 0.770. The van der Waals surface area contributed by atoms with Crippen molar-refractivity contribution in [3.63, 3.8) is 0 Å². The summed E-state index contributed by atoms with van der Waals surface area (Å²) in [6.07, 6.45) is 1.76. The average molecular weight is 283 g/mol. The topological polar surface area (TPSA) is 26.3 Å². The molecule has 0 aromatic heterocycles. The third-order valence-corrected chi connectivity index (χ3v) is 3.38. The van der Waals surface area contributed by atoms with E-state index in [1.54, 1.807) is 6.08 Å². The van der Waals surface area contributed by atoms with Gasteiger partial charge in [-0.2, -0.15) is 0 Å². The number of carbonyl (C=O) groups is 1. The monoisotopic (exact) mass is 282 g/mol. The predicted octanol–water partition coefficient (Wildman–Crippen LogP) is 4.23. The Morgan fingerprint density at radius 2 is 1.50 bits per heavy atom. The number of cyclic esters (lactones) is 1. The molecule has 1 aliphatic heterocycles. The number of carbonyl (C=O) groups excluding carboxylic acids is 1. The van der Waals surface area contributed by atoms with Crippen LogP contribution in [0.3, 0.4) is 0 Å². The normalized spacial score (nSPS) is 16.6. The van der Waals surface area contributed by atoms with Crippen LogP contribution in [-0.4, -0.2) is 5.97 Å². The standard InChI is InChI=1S/C17H11ClO2/c18-16-14(11-12-7-3-1-4-8-12)20-17(19)15(16)13-9-5-2-6-10-13/h1-11H/b14-11-. The van der Waals surface area contributed by atoms with Gasteiger partial charge in [0.15, 0.2) is 5.76 Å². The summed E-state index contributed by atoms with van der Waals surface area (Å²) in [7, 11) is 0. The Balaban J connectivity index is 2.03. The predicted molar refractivity (Wildman–Crippen MR) is 79.7 cm³/mol. The highest BCUT2D eigenvalue weighted by Crippen LogP contribution is 2.36. The summed E-state index contributed by atoms with van der Waals surface area (Å²) < 4.78 is 5.26. The molecule has 3 rings (SSSR count). The molecular formula is C17H11ClO2. The maximum absolute atomic E-state index is 12.0. The van der Waals surface area contributed by atoms with E-state index >= 15 is 0 Å². The van der Waals surface area contributed by atoms with E-state index in [4.69, 9.17) is 16.3 Å². The summed E-state index contributed by atoms with van der Waals surface area (Å²) in [4.78, 5) is 12.0. The van der Waals surface area contributed by atoms with Gasteiger partial charge in [-0.25, -0.2) is 4.79 Å². The fraction of sp³-hybridized carbons (Fsp3) is 0. The number of rotatable bonds is 2. The molecule has 0 aliphatic carbocycles. The van der Waals surface area contributed by atoms with Crippen LogP contribution in [0.4, 0.5) is 0 Å². The van der Waals surface area contributed by atoms with E-state index in [9.17, 15) is 4.79 Å². The van der Waals surface area contributed by atoms with Gasteiger partial charge in [0.1, 0.15) is 0 Å². The molecule has 0 fully saturated rings. The molecule has 0 amide bonds. The van der Waals surface area contributed by atoms with Crippen LogP contribution >= 0.6 is 11.6 Å². The molecule has 2 nitrogen and oxygen atoms in total. The summed E-state index contributed by atoms with van der Waals surface area (Å²) in [6.45, 7) is 0. The van der Waals surface area contributed by atoms with Gasteiger partial charge in [0.2, 0.25) is 0 Å². The molecule has 0 spiro atoms. The molecule has 0 atom stereocenters. The number of esters is 1. The highest BCUT2D eigenvalue weighted by atomic mass is 35.5. The van der Waals surface area contributed by atoms with Crippen LogP contribution in [0.2, 0.25) is 0 Å². The molecule has 1 heterocycles. The minimum Gasteiger partial charge on any atom is -0.421 e. The molecule has 1 aliphatic rings. The van der Waals surface area contributed by atoms with Crippen molar-refractivity contribution in [1.82, 2.24) is 0 Å². The lowest BCUT2D eigenvalue weighted by atomic mass is 10.1. The number of halogens is 1. The van der Waals surface area contributed by atoms with Gasteiger partial charge in [-0.05, 0) is 17.2 Å². The van der Waals surface area contributed by atoms with Gasteiger partial charge in [-0.15, -0.1) is 0 Å². The van der Waals surface area contributed by atoms with E-state index in [0.717, 1.165) is 11.1 Å². The van der Waals surface area contributed by atoms with Gasteiger partial charge >= 0.3 is 5.97 Å². The van der Waals surface area contributed by atoms with E-state index in [2.05, 4.69) is 0 Å². The Labute approximate surface area is 122 Å². The first kappa shape index (κ1) is 12.7. The number of hydrogen-bond acceptors (Lipinski definition) is 2. The second-order valence-electron chi connectivity index (χ2n) is 4.36. The Hall–Kier alpha value is -2.32. The van der Waals surface area contributed by atoms with Crippen LogP contribution in [0, 0.1) is 0 Å². The van der Waals surface area contributed by atoms with E-state index in [1.807, 2.05) is 60.7 Å². The van der Waals surface area contributed by atoms with E-state index in [-0.39, 0.29) is 0 Å². The zero-order valence-corrected chi connectivity index (χ0v) is 11.3. The molecule has 20 heavy (non-hydrogen) atoms. The largest absolute Gasteiger partial charge is 0.421 e. The number of hydrogen-bond donors (Lipinski definition) is 0. The maximum Gasteiger partial charge on any atom is 0.345 e. The van der Waals surface area contributed by atoms with Crippen LogP contribution in [0.5, 0.6) is 0 Å². The van der Waals surface area contributed by atoms with E-state index in [1.165, 1.54) is 0 Å². The number of allylic oxidation sites excluding steroid dienone is 1. The zero-order chi connectivity index (χ0) is 13.9. The molecule has 2 aromatic rings. The van der Waals surface area contributed by atoms with E-state index < -0.39 is 5.97 Å². The molecule has 0 radical (unpaired) electrons. The van der Waals surface area contributed by atoms with Crippen LogP contribution in [0.25, 0.3) is 11.6 Å². The Morgan fingerprint density at radius 3 is 2.15 bits per heavy atom. The smallest absolute Gasteiger partial charge is 0.345 e. The summed E-state index contributed by atoms with van der Waals surface area (Å²) in [5.74, 6) is -0.0231. The Bertz CT molecular complexity index is 700. The van der Waals surface area contributed by atoms with Crippen molar-refractivity contribution >= 4 is 29.2 Å². The minimum absolute atomic E-state index is 0.352. The number of benzene rings is 2. The highest BCUT2D eigenvalue weighted by Gasteiger charge is 2.29. The lowest BCUT2D eigenvalue weighted by Gasteiger charge is -1.97. The van der Waals surface area contributed by atoms with Crippen LogP contribution in [0.15, 0.2) is 71.5 Å². The first-order valence-electron chi connectivity index (χ1n) is 6.20. The third-order valence-electron chi connectivity index (χ3n) is 3.00. The van der Waals surface area contributed by atoms with Gasteiger partial charge in [0.25, 0.3) is 0 Å². The zero-order valence-electron chi connectivity index (χ0n) is 10.5. The molecule has 0 bridgehead atoms. The highest BCUT2D eigenvalue weighted by molar-refractivity contribution is 6.42. The van der Waals surface area contributed by atoms with Gasteiger partial charge in [-0.3, -0.25) is 0 Å². The summed E-state index contributed by atoms with van der Waals surface area (Å²) >= 11 is 6.29. The molecule has 98 valence electrons. The summed E-state index contributed by atoms with van der Waals surface area (Å²) in [5, 5.41) is 0.352. The minimum atomic E-state index is -0.414. The molecule has 0 unspecified atom stereocenters. The van der Waals surface area contributed by atoms with Crippen molar-refractivity contribution in [2.45, 2.75) is 0 Å². The van der Waals surface area contributed by atoms with Crippen molar-refractivity contribution in [3.8, 4) is 0 Å². The molecule has 0 saturated carbocycles. The van der Waals surface area contributed by atoms with Crippen LogP contribution in [-0.2, 0) is 9.53 Å². The van der Waals surface area contributed by atoms with Crippen molar-refractivity contribution in [3.05, 3.63) is 82.6 Å². The fourth-order valence-corrected chi connectivity index (χ4v) is 2.33. The van der Waals surface area contributed by atoms with Gasteiger partial charge in [-0.1, -0.05) is 72.3 Å². The molecule has 0 saturated heterocycles. The summed E-state index contributed by atoms with van der Waals surface area (Å²) in [6, 6.07) is 18.9. The first-order valence-corrected chi connectivity index (χ1v) is 6.58. The Kier molecular flexibility index (Phi) is 3.40. The SMILES string of the molecule is O=C1O/C(=C\c2ccccc2)C(Cl)=C1c1ccccc1. The van der Waals surface area contributed by atoms with Crippen LogP contribution in [0.1, 0.15) is 11.1 Å². The third kappa shape index (κ3) is 2.38. The summed E-state index contributed by atoms with van der Waals surface area (Å²) in [5.41, 5.74) is 2.11. The van der Waals surface area contributed by atoms with Gasteiger partial charge < -0.3 is 4.74 Å². The van der Waals surface area contributed by atoms with E-state index in [0.29, 0.717) is 16.4 Å². The maximum atomic E-state index is 12.0. The first-order chi connectivity index (χ1) is 9.75. The van der Waals surface area contributed by atoms with Crippen molar-refractivity contribution in [2.75, 3.05) is 0 Å². The van der Waals surface area contributed by atoms with Gasteiger partial charge in [0.05, 0.1) is 10.6 Å². The Morgan fingerprint density at radius 1 is 0.900 bits per heavy atom.